The van der Waals surface area contributed by atoms with Gasteiger partial charge in [-0.25, -0.2) is 9.18 Å². The lowest BCUT2D eigenvalue weighted by Crippen LogP contribution is -2.20. The van der Waals surface area contributed by atoms with E-state index >= 15 is 0 Å². The largest absolute Gasteiger partial charge is 0.421 e. The molecular formula is C16H8Cl2FNO3. The number of nitrogens with one attached hydrogen (secondary N) is 1. The number of amides is 1. The standard InChI is InChI=1S/C16H8Cl2FNO3/c17-11-3-1-2-8-6-10(16(22)23-14(8)11)15(21)20-9-4-5-13(19)12(18)7-9/h1-7H,(H,20,21). The molecule has 0 radical (unpaired) electrons. The van der Waals surface area contributed by atoms with Crippen LogP contribution in [0.1, 0.15) is 10.4 Å². The molecule has 0 atom stereocenters. The van der Waals surface area contributed by atoms with Crippen LogP contribution in [-0.4, -0.2) is 5.91 Å². The van der Waals surface area contributed by atoms with E-state index in [1.54, 1.807) is 18.2 Å². The predicted octanol–water partition coefficient (Wildman–Crippen LogP) is 4.49. The van der Waals surface area contributed by atoms with Crippen LogP contribution in [0.4, 0.5) is 10.1 Å². The van der Waals surface area contributed by atoms with E-state index in [0.717, 1.165) is 6.07 Å². The number of hydrogen-bond acceptors (Lipinski definition) is 3. The van der Waals surface area contributed by atoms with Crippen LogP contribution in [-0.2, 0) is 0 Å². The van der Waals surface area contributed by atoms with Gasteiger partial charge in [-0.2, -0.15) is 0 Å². The van der Waals surface area contributed by atoms with Gasteiger partial charge in [-0.05, 0) is 30.3 Å². The lowest BCUT2D eigenvalue weighted by molar-refractivity contribution is 0.102. The second-order valence-electron chi connectivity index (χ2n) is 4.69. The Hall–Kier alpha value is -2.37. The molecule has 0 saturated carbocycles. The molecule has 23 heavy (non-hydrogen) atoms. The van der Waals surface area contributed by atoms with Crippen molar-refractivity contribution in [1.29, 1.82) is 0 Å². The summed E-state index contributed by atoms with van der Waals surface area (Å²) in [7, 11) is 0. The molecule has 7 heteroatoms. The van der Waals surface area contributed by atoms with E-state index in [9.17, 15) is 14.0 Å². The first kappa shape index (κ1) is 15.5. The number of carbonyl (C=O) groups is 1. The number of anilines is 1. The van der Waals surface area contributed by atoms with E-state index in [0.29, 0.717) is 5.39 Å². The molecule has 1 heterocycles. The zero-order valence-corrected chi connectivity index (χ0v) is 12.9. The van der Waals surface area contributed by atoms with Crippen LogP contribution in [0.25, 0.3) is 11.0 Å². The lowest BCUT2D eigenvalue weighted by atomic mass is 10.1. The summed E-state index contributed by atoms with van der Waals surface area (Å²) in [5.41, 5.74) is -0.552. The normalized spacial score (nSPS) is 10.7. The average molecular weight is 352 g/mol. The maximum Gasteiger partial charge on any atom is 0.349 e. The second-order valence-corrected chi connectivity index (χ2v) is 5.50. The molecule has 0 aliphatic carbocycles. The quantitative estimate of drug-likeness (QED) is 0.692. The fraction of sp³-hybridized carbons (Fsp3) is 0. The van der Waals surface area contributed by atoms with Gasteiger partial charge in [0.15, 0.2) is 5.58 Å². The molecule has 1 N–H and O–H groups in total. The van der Waals surface area contributed by atoms with Crippen molar-refractivity contribution in [3.8, 4) is 0 Å². The Morgan fingerprint density at radius 3 is 2.61 bits per heavy atom. The van der Waals surface area contributed by atoms with E-state index in [1.807, 2.05) is 0 Å². The Labute approximate surface area is 139 Å². The summed E-state index contributed by atoms with van der Waals surface area (Å²) in [5.74, 6) is -1.30. The maximum absolute atomic E-state index is 13.1. The first-order valence-corrected chi connectivity index (χ1v) is 7.20. The number of fused-ring (bicyclic) bond motifs is 1. The van der Waals surface area contributed by atoms with Crippen molar-refractivity contribution in [2.45, 2.75) is 0 Å². The van der Waals surface area contributed by atoms with Crippen LogP contribution >= 0.6 is 23.2 Å². The highest BCUT2D eigenvalue weighted by molar-refractivity contribution is 6.34. The van der Waals surface area contributed by atoms with Crippen molar-refractivity contribution >= 4 is 45.8 Å². The Bertz CT molecular complexity index is 985. The Kier molecular flexibility index (Phi) is 4.07. The predicted molar refractivity (Wildman–Crippen MR) is 86.9 cm³/mol. The topological polar surface area (TPSA) is 59.3 Å². The molecule has 0 aliphatic rings. The van der Waals surface area contributed by atoms with E-state index in [2.05, 4.69) is 5.32 Å². The van der Waals surface area contributed by atoms with Crippen molar-refractivity contribution in [3.05, 3.63) is 74.3 Å². The van der Waals surface area contributed by atoms with Crippen LogP contribution in [0.15, 0.2) is 51.7 Å². The number of halogens is 3. The molecule has 0 spiro atoms. The first-order valence-electron chi connectivity index (χ1n) is 6.44. The third-order valence-corrected chi connectivity index (χ3v) is 3.72. The highest BCUT2D eigenvalue weighted by Crippen LogP contribution is 2.23. The molecule has 3 rings (SSSR count). The average Bonchev–Trinajstić information content (AvgIpc) is 2.51. The zero-order chi connectivity index (χ0) is 16.6. The lowest BCUT2D eigenvalue weighted by Gasteiger charge is -2.06. The fourth-order valence-electron chi connectivity index (χ4n) is 2.04. The van der Waals surface area contributed by atoms with Crippen LogP contribution < -0.4 is 10.9 Å². The molecule has 1 aromatic heterocycles. The molecule has 0 bridgehead atoms. The number of carbonyl (C=O) groups excluding carboxylic acids is 1. The summed E-state index contributed by atoms with van der Waals surface area (Å²) < 4.78 is 18.2. The molecule has 0 unspecified atom stereocenters. The van der Waals surface area contributed by atoms with Crippen molar-refractivity contribution in [1.82, 2.24) is 0 Å². The van der Waals surface area contributed by atoms with Gasteiger partial charge < -0.3 is 9.73 Å². The van der Waals surface area contributed by atoms with Crippen molar-refractivity contribution < 1.29 is 13.6 Å². The SMILES string of the molecule is O=C(Nc1ccc(F)c(Cl)c1)c1cc2cccc(Cl)c2oc1=O. The molecule has 0 aliphatic heterocycles. The van der Waals surface area contributed by atoms with Crippen molar-refractivity contribution in [2.75, 3.05) is 5.32 Å². The summed E-state index contributed by atoms with van der Waals surface area (Å²) >= 11 is 11.6. The highest BCUT2D eigenvalue weighted by atomic mass is 35.5. The molecule has 1 amide bonds. The third-order valence-electron chi connectivity index (χ3n) is 3.13. The van der Waals surface area contributed by atoms with Crippen LogP contribution in [0, 0.1) is 5.82 Å². The monoisotopic (exact) mass is 351 g/mol. The molecule has 3 aromatic rings. The van der Waals surface area contributed by atoms with Gasteiger partial charge in [0.1, 0.15) is 11.4 Å². The van der Waals surface area contributed by atoms with Gasteiger partial charge in [0.2, 0.25) is 0 Å². The fourth-order valence-corrected chi connectivity index (χ4v) is 2.44. The van der Waals surface area contributed by atoms with Gasteiger partial charge >= 0.3 is 5.63 Å². The van der Waals surface area contributed by atoms with Gasteiger partial charge in [0.25, 0.3) is 5.91 Å². The molecule has 116 valence electrons. The smallest absolute Gasteiger partial charge is 0.349 e. The van der Waals surface area contributed by atoms with E-state index < -0.39 is 17.3 Å². The van der Waals surface area contributed by atoms with Crippen molar-refractivity contribution in [2.24, 2.45) is 0 Å². The van der Waals surface area contributed by atoms with Gasteiger partial charge in [-0.1, -0.05) is 35.3 Å². The summed E-state index contributed by atoms with van der Waals surface area (Å²) in [6, 6.07) is 9.98. The summed E-state index contributed by atoms with van der Waals surface area (Å²) in [4.78, 5) is 24.2. The summed E-state index contributed by atoms with van der Waals surface area (Å²) in [6.07, 6.45) is 0. The minimum Gasteiger partial charge on any atom is -0.421 e. The summed E-state index contributed by atoms with van der Waals surface area (Å²) in [6.45, 7) is 0. The highest BCUT2D eigenvalue weighted by Gasteiger charge is 2.15. The molecule has 4 nitrogen and oxygen atoms in total. The molecule has 2 aromatic carbocycles. The van der Waals surface area contributed by atoms with Gasteiger partial charge in [0.05, 0.1) is 10.0 Å². The van der Waals surface area contributed by atoms with Gasteiger partial charge in [0, 0.05) is 11.1 Å². The van der Waals surface area contributed by atoms with Gasteiger partial charge in [-0.3, -0.25) is 4.79 Å². The Balaban J connectivity index is 1.99. The first-order chi connectivity index (χ1) is 11.0. The minimum atomic E-state index is -0.823. The minimum absolute atomic E-state index is 0.139. The van der Waals surface area contributed by atoms with Crippen LogP contribution in [0.3, 0.4) is 0 Å². The Morgan fingerprint density at radius 2 is 1.87 bits per heavy atom. The number of rotatable bonds is 2. The third kappa shape index (κ3) is 3.06. The molecule has 0 fully saturated rings. The van der Waals surface area contributed by atoms with Crippen LogP contribution in [0.5, 0.6) is 0 Å². The molecular weight excluding hydrogens is 344 g/mol. The van der Waals surface area contributed by atoms with Gasteiger partial charge in [-0.15, -0.1) is 0 Å². The number of hydrogen-bond donors (Lipinski definition) is 1. The Morgan fingerprint density at radius 1 is 1.09 bits per heavy atom. The summed E-state index contributed by atoms with van der Waals surface area (Å²) in [5, 5.41) is 3.11. The number of para-hydroxylation sites is 1. The number of benzene rings is 2. The van der Waals surface area contributed by atoms with E-state index in [4.69, 9.17) is 27.6 Å². The zero-order valence-electron chi connectivity index (χ0n) is 11.4. The van der Waals surface area contributed by atoms with Crippen LogP contribution in [0.2, 0.25) is 10.0 Å². The van der Waals surface area contributed by atoms with E-state index in [1.165, 1.54) is 18.2 Å². The second kappa shape index (κ2) is 6.02. The maximum atomic E-state index is 13.1. The molecule has 0 saturated heterocycles. The van der Waals surface area contributed by atoms with E-state index in [-0.39, 0.29) is 26.9 Å². The van der Waals surface area contributed by atoms with Crippen molar-refractivity contribution in [3.63, 3.8) is 0 Å².